The Hall–Kier alpha value is -3.43. The smallest absolute Gasteiger partial charge is 0.329 e. The summed E-state index contributed by atoms with van der Waals surface area (Å²) < 4.78 is 6.68. The molecule has 10 heteroatoms. The number of likely N-dealkylation sites (tertiary alicyclic amines) is 1. The fraction of sp³-hybridized carbons (Fsp3) is 0.522. The number of hydrogen-bond acceptors (Lipinski definition) is 7. The van der Waals surface area contributed by atoms with E-state index in [9.17, 15) is 14.4 Å². The largest absolute Gasteiger partial charge is 0.464 e. The van der Waals surface area contributed by atoms with Crippen LogP contribution < -0.4 is 5.32 Å². The van der Waals surface area contributed by atoms with E-state index >= 15 is 0 Å². The van der Waals surface area contributed by atoms with E-state index < -0.39 is 0 Å². The van der Waals surface area contributed by atoms with Gasteiger partial charge in [0.1, 0.15) is 18.8 Å². The third kappa shape index (κ3) is 4.99. The molecule has 10 nitrogen and oxygen atoms in total. The van der Waals surface area contributed by atoms with E-state index in [4.69, 9.17) is 4.74 Å². The Balaban J connectivity index is 1.42. The molecule has 1 saturated carbocycles. The van der Waals surface area contributed by atoms with Gasteiger partial charge in [0.2, 0.25) is 5.91 Å². The van der Waals surface area contributed by atoms with Crippen LogP contribution in [0.1, 0.15) is 32.6 Å². The van der Waals surface area contributed by atoms with Gasteiger partial charge in [-0.3, -0.25) is 14.2 Å². The van der Waals surface area contributed by atoms with E-state index in [1.165, 1.54) is 21.9 Å². The number of rotatable bonds is 7. The van der Waals surface area contributed by atoms with Gasteiger partial charge in [-0.1, -0.05) is 6.58 Å². The standard InChI is InChI=1S/C23H30N6O4/c1-4-19(30)29-13-17(8-5-15(29)2)26-20-18-9-10-28(21(18)25-14-24-20)23(32)27(3)11-12-33-22(31)16-6-7-16/h4,9-10,14-17H,1,5-8,11-13H2,2-3H3,(H,24,25,26)/t15-,17+/m1/s1. The maximum absolute atomic E-state index is 12.9. The number of ether oxygens (including phenoxy) is 1. The van der Waals surface area contributed by atoms with Crippen LogP contribution in [-0.4, -0.2) is 81.1 Å². The molecule has 1 aliphatic carbocycles. The lowest BCUT2D eigenvalue weighted by atomic mass is 9.99. The first kappa shape index (κ1) is 22.8. The molecule has 176 valence electrons. The predicted molar refractivity (Wildman–Crippen MR) is 123 cm³/mol. The maximum Gasteiger partial charge on any atom is 0.329 e. The number of hydrogen-bond donors (Lipinski definition) is 1. The van der Waals surface area contributed by atoms with E-state index in [1.54, 1.807) is 19.3 Å². The molecule has 0 unspecified atom stereocenters. The summed E-state index contributed by atoms with van der Waals surface area (Å²) in [6.45, 7) is 6.65. The quantitative estimate of drug-likeness (QED) is 0.505. The fourth-order valence-electron chi connectivity index (χ4n) is 4.06. The Labute approximate surface area is 192 Å². The first-order valence-electron chi connectivity index (χ1n) is 11.3. The molecular formula is C23H30N6O4. The van der Waals surface area contributed by atoms with E-state index in [2.05, 4.69) is 21.9 Å². The van der Waals surface area contributed by atoms with Crippen LogP contribution in [0.15, 0.2) is 31.2 Å². The molecule has 1 aliphatic heterocycles. The van der Waals surface area contributed by atoms with Crippen molar-refractivity contribution in [2.45, 2.75) is 44.7 Å². The molecule has 1 saturated heterocycles. The molecule has 0 aromatic carbocycles. The zero-order valence-corrected chi connectivity index (χ0v) is 19.1. The molecule has 0 radical (unpaired) electrons. The zero-order valence-electron chi connectivity index (χ0n) is 19.1. The van der Waals surface area contributed by atoms with E-state index in [0.717, 1.165) is 31.1 Å². The Morgan fingerprint density at radius 1 is 1.27 bits per heavy atom. The van der Waals surface area contributed by atoms with Gasteiger partial charge < -0.3 is 19.9 Å². The highest BCUT2D eigenvalue weighted by molar-refractivity contribution is 5.94. The lowest BCUT2D eigenvalue weighted by Crippen LogP contribution is -2.49. The van der Waals surface area contributed by atoms with Gasteiger partial charge in [-0.2, -0.15) is 0 Å². The van der Waals surface area contributed by atoms with Gasteiger partial charge in [0.05, 0.1) is 17.8 Å². The van der Waals surface area contributed by atoms with Crippen molar-refractivity contribution in [3.05, 3.63) is 31.2 Å². The van der Waals surface area contributed by atoms with E-state index in [0.29, 0.717) is 24.6 Å². The van der Waals surface area contributed by atoms with Crippen LogP contribution in [0.4, 0.5) is 10.6 Å². The van der Waals surface area contributed by atoms with Gasteiger partial charge in [0, 0.05) is 31.9 Å². The Morgan fingerprint density at radius 3 is 2.79 bits per heavy atom. The topological polar surface area (TPSA) is 110 Å². The first-order chi connectivity index (χ1) is 15.9. The zero-order chi connectivity index (χ0) is 23.5. The minimum absolute atomic E-state index is 0.0334. The SMILES string of the molecule is C=CC(=O)N1C[C@@H](Nc2ncnc3c2ccn3C(=O)N(C)CCOC(=O)C2CC2)CC[C@H]1C. The molecular weight excluding hydrogens is 424 g/mol. The van der Waals surface area contributed by atoms with Crippen molar-refractivity contribution in [1.82, 2.24) is 24.3 Å². The fourth-order valence-corrected chi connectivity index (χ4v) is 4.06. The van der Waals surface area contributed by atoms with Crippen LogP contribution >= 0.6 is 0 Å². The molecule has 0 spiro atoms. The number of fused-ring (bicyclic) bond motifs is 1. The van der Waals surface area contributed by atoms with Gasteiger partial charge in [0.15, 0.2) is 5.65 Å². The molecule has 2 fully saturated rings. The number of aromatic nitrogens is 3. The Morgan fingerprint density at radius 2 is 2.06 bits per heavy atom. The van der Waals surface area contributed by atoms with Crippen molar-refractivity contribution in [2.75, 3.05) is 32.1 Å². The highest BCUT2D eigenvalue weighted by Crippen LogP contribution is 2.30. The number of amides is 2. The second kappa shape index (κ2) is 9.60. The molecule has 4 rings (SSSR count). The van der Waals surface area contributed by atoms with E-state index in [1.807, 2.05) is 11.8 Å². The monoisotopic (exact) mass is 454 g/mol. The highest BCUT2D eigenvalue weighted by atomic mass is 16.5. The molecule has 2 aromatic rings. The van der Waals surface area contributed by atoms with Crippen molar-refractivity contribution in [2.24, 2.45) is 5.92 Å². The number of carbonyl (C=O) groups is 3. The third-order valence-electron chi connectivity index (χ3n) is 6.28. The molecule has 2 amide bonds. The Kier molecular flexibility index (Phi) is 6.62. The second-order valence-electron chi connectivity index (χ2n) is 8.75. The number of likely N-dealkylation sites (N-methyl/N-ethyl adjacent to an activating group) is 1. The third-order valence-corrected chi connectivity index (χ3v) is 6.28. The molecule has 3 heterocycles. The van der Waals surface area contributed by atoms with Crippen LogP contribution in [0.2, 0.25) is 0 Å². The summed E-state index contributed by atoms with van der Waals surface area (Å²) in [5.74, 6) is 0.398. The van der Waals surface area contributed by atoms with Crippen molar-refractivity contribution >= 4 is 34.8 Å². The number of piperidine rings is 1. The highest BCUT2D eigenvalue weighted by Gasteiger charge is 2.31. The first-order valence-corrected chi connectivity index (χ1v) is 11.3. The van der Waals surface area contributed by atoms with Crippen LogP contribution in [0.25, 0.3) is 11.0 Å². The normalized spacial score (nSPS) is 20.4. The maximum atomic E-state index is 12.9. The van der Waals surface area contributed by atoms with Crippen LogP contribution in [0.3, 0.4) is 0 Å². The average molecular weight is 455 g/mol. The molecule has 2 aromatic heterocycles. The van der Waals surface area contributed by atoms with Crippen molar-refractivity contribution in [3.63, 3.8) is 0 Å². The van der Waals surface area contributed by atoms with Gasteiger partial charge in [-0.05, 0) is 44.7 Å². The molecule has 2 atom stereocenters. The summed E-state index contributed by atoms with van der Waals surface area (Å²) in [5, 5.41) is 4.14. The lowest BCUT2D eigenvalue weighted by Gasteiger charge is -2.38. The number of nitrogens with one attached hydrogen (secondary N) is 1. The average Bonchev–Trinajstić information content (AvgIpc) is 3.58. The van der Waals surface area contributed by atoms with E-state index in [-0.39, 0.29) is 42.5 Å². The molecule has 1 N–H and O–H groups in total. The number of anilines is 1. The van der Waals surface area contributed by atoms with Gasteiger partial charge in [-0.15, -0.1) is 0 Å². The van der Waals surface area contributed by atoms with Crippen molar-refractivity contribution < 1.29 is 19.1 Å². The van der Waals surface area contributed by atoms with Crippen LogP contribution in [0.5, 0.6) is 0 Å². The van der Waals surface area contributed by atoms with Crippen LogP contribution in [-0.2, 0) is 14.3 Å². The lowest BCUT2D eigenvalue weighted by molar-refractivity contribution is -0.145. The minimum Gasteiger partial charge on any atom is -0.464 e. The molecule has 33 heavy (non-hydrogen) atoms. The molecule has 2 aliphatic rings. The van der Waals surface area contributed by atoms with Gasteiger partial charge >= 0.3 is 12.0 Å². The van der Waals surface area contributed by atoms with Crippen molar-refractivity contribution in [3.8, 4) is 0 Å². The summed E-state index contributed by atoms with van der Waals surface area (Å²) >= 11 is 0. The van der Waals surface area contributed by atoms with Crippen LogP contribution in [0, 0.1) is 5.92 Å². The minimum atomic E-state index is -0.272. The number of esters is 1. The summed E-state index contributed by atoms with van der Waals surface area (Å²) in [6, 6.07) is 1.73. The number of carbonyl (C=O) groups excluding carboxylic acids is 3. The second-order valence-corrected chi connectivity index (χ2v) is 8.75. The van der Waals surface area contributed by atoms with Crippen molar-refractivity contribution in [1.29, 1.82) is 0 Å². The summed E-state index contributed by atoms with van der Waals surface area (Å²) in [4.78, 5) is 48.8. The molecule has 0 bridgehead atoms. The Bertz CT molecular complexity index is 1060. The number of nitrogens with zero attached hydrogens (tertiary/aromatic N) is 5. The van der Waals surface area contributed by atoms with Gasteiger partial charge in [-0.25, -0.2) is 14.8 Å². The summed E-state index contributed by atoms with van der Waals surface area (Å²) in [7, 11) is 1.66. The van der Waals surface area contributed by atoms with Gasteiger partial charge in [0.25, 0.3) is 0 Å². The predicted octanol–water partition coefficient (Wildman–Crippen LogP) is 2.26. The summed E-state index contributed by atoms with van der Waals surface area (Å²) in [6.07, 6.45) is 7.98. The summed E-state index contributed by atoms with van der Waals surface area (Å²) in [5.41, 5.74) is 0.488.